The van der Waals surface area contributed by atoms with Crippen LogP contribution in [0.2, 0.25) is 0 Å². The number of carbonyl (C=O) groups is 1. The van der Waals surface area contributed by atoms with Gasteiger partial charge < -0.3 is 19.4 Å². The van der Waals surface area contributed by atoms with Gasteiger partial charge in [0.2, 0.25) is 11.3 Å². The summed E-state index contributed by atoms with van der Waals surface area (Å²) >= 11 is 0. The normalized spacial score (nSPS) is 19.4. The number of carbonyl (C=O) groups excluding carboxylic acids is 1. The zero-order valence-electron chi connectivity index (χ0n) is 20.2. The molecular formula is C24H30N6O4. The highest BCUT2D eigenvalue weighted by molar-refractivity contribution is 5.72. The molecule has 5 rings (SSSR count). The van der Waals surface area contributed by atoms with Crippen LogP contribution in [0.15, 0.2) is 23.1 Å². The monoisotopic (exact) mass is 466 g/mol. The molecule has 1 saturated heterocycles. The van der Waals surface area contributed by atoms with Crippen LogP contribution in [0.3, 0.4) is 0 Å². The third-order valence-electron chi connectivity index (χ3n) is 6.83. The SMILES string of the molecule is COc1cc(-n2nc3[nH]c4c(c(=O)c3n2)C2(CCN(C(=O)OC(C)(C)C)CC2)CC4C)ccn1. The topological polar surface area (TPSA) is 115 Å². The molecule has 10 heteroatoms. The van der Waals surface area contributed by atoms with Gasteiger partial charge in [0.05, 0.1) is 12.8 Å². The summed E-state index contributed by atoms with van der Waals surface area (Å²) in [6.07, 6.45) is 3.61. The largest absolute Gasteiger partial charge is 0.481 e. The summed E-state index contributed by atoms with van der Waals surface area (Å²) in [4.78, 5) is 37.0. The lowest BCUT2D eigenvalue weighted by Gasteiger charge is -2.40. The third-order valence-corrected chi connectivity index (χ3v) is 6.83. The number of methoxy groups -OCH3 is 1. The molecule has 0 radical (unpaired) electrons. The molecule has 180 valence electrons. The van der Waals surface area contributed by atoms with Crippen molar-refractivity contribution < 1.29 is 14.3 Å². The van der Waals surface area contributed by atoms with E-state index in [2.05, 4.69) is 27.1 Å². The molecule has 1 amide bonds. The molecule has 3 aromatic rings. The Labute approximate surface area is 197 Å². The Hall–Kier alpha value is -3.43. The van der Waals surface area contributed by atoms with E-state index in [4.69, 9.17) is 9.47 Å². The second-order valence-corrected chi connectivity index (χ2v) is 10.3. The van der Waals surface area contributed by atoms with Crippen molar-refractivity contribution in [1.29, 1.82) is 0 Å². The lowest BCUT2D eigenvalue weighted by Crippen LogP contribution is -2.47. The quantitative estimate of drug-likeness (QED) is 0.616. The maximum atomic E-state index is 13.7. The minimum Gasteiger partial charge on any atom is -0.481 e. The lowest BCUT2D eigenvalue weighted by molar-refractivity contribution is 0.0162. The second kappa shape index (κ2) is 7.82. The third kappa shape index (κ3) is 3.70. The Bertz CT molecular complexity index is 1310. The molecule has 4 heterocycles. The van der Waals surface area contributed by atoms with E-state index in [-0.39, 0.29) is 22.9 Å². The summed E-state index contributed by atoms with van der Waals surface area (Å²) in [6, 6.07) is 3.48. The molecule has 1 spiro atoms. The number of aromatic amines is 1. The Kier molecular flexibility index (Phi) is 5.14. The molecule has 34 heavy (non-hydrogen) atoms. The highest BCUT2D eigenvalue weighted by atomic mass is 16.6. The summed E-state index contributed by atoms with van der Waals surface area (Å²) in [5.41, 5.74) is 2.29. The number of nitrogens with one attached hydrogen (secondary N) is 1. The molecule has 10 nitrogen and oxygen atoms in total. The molecule has 3 aromatic heterocycles. The van der Waals surface area contributed by atoms with Crippen LogP contribution in [0.1, 0.15) is 64.1 Å². The maximum Gasteiger partial charge on any atom is 0.410 e. The highest BCUT2D eigenvalue weighted by Gasteiger charge is 2.48. The van der Waals surface area contributed by atoms with Gasteiger partial charge in [-0.1, -0.05) is 6.92 Å². The number of fused-ring (bicyclic) bond motifs is 3. The number of nitrogens with zero attached hydrogens (tertiary/aromatic N) is 5. The van der Waals surface area contributed by atoms with Crippen LogP contribution in [0.25, 0.3) is 16.9 Å². The average Bonchev–Trinajstić information content (AvgIpc) is 3.33. The van der Waals surface area contributed by atoms with Crippen LogP contribution < -0.4 is 10.2 Å². The molecule has 1 N–H and O–H groups in total. The fourth-order valence-corrected chi connectivity index (χ4v) is 5.31. The van der Waals surface area contributed by atoms with Crippen LogP contribution in [0.4, 0.5) is 4.79 Å². The number of amides is 1. The number of hydrogen-bond acceptors (Lipinski definition) is 7. The predicted molar refractivity (Wildman–Crippen MR) is 126 cm³/mol. The fourth-order valence-electron chi connectivity index (χ4n) is 5.31. The van der Waals surface area contributed by atoms with Crippen LogP contribution in [0.5, 0.6) is 5.88 Å². The highest BCUT2D eigenvalue weighted by Crippen LogP contribution is 2.49. The Morgan fingerprint density at radius 1 is 1.24 bits per heavy atom. The number of hydrogen-bond donors (Lipinski definition) is 1. The first-order chi connectivity index (χ1) is 16.1. The molecule has 0 saturated carbocycles. The number of pyridine rings is 2. The fraction of sp³-hybridized carbons (Fsp3) is 0.542. The molecule has 1 fully saturated rings. The summed E-state index contributed by atoms with van der Waals surface area (Å²) in [5, 5.41) is 9.05. The van der Waals surface area contributed by atoms with Gasteiger partial charge in [0, 0.05) is 42.0 Å². The minimum absolute atomic E-state index is 0.0777. The number of H-pyrrole nitrogens is 1. The Balaban J connectivity index is 1.49. The van der Waals surface area contributed by atoms with Crippen LogP contribution in [0, 0.1) is 0 Å². The Morgan fingerprint density at radius 3 is 2.65 bits per heavy atom. The van der Waals surface area contributed by atoms with Crippen molar-refractivity contribution in [3.8, 4) is 11.6 Å². The minimum atomic E-state index is -0.534. The van der Waals surface area contributed by atoms with Crippen molar-refractivity contribution in [3.05, 3.63) is 39.8 Å². The van der Waals surface area contributed by atoms with Crippen molar-refractivity contribution in [2.75, 3.05) is 20.2 Å². The summed E-state index contributed by atoms with van der Waals surface area (Å²) in [5.74, 6) is 0.628. The number of ether oxygens (including phenoxy) is 2. The van der Waals surface area contributed by atoms with Gasteiger partial charge in [-0.15, -0.1) is 15.0 Å². The van der Waals surface area contributed by atoms with Crippen molar-refractivity contribution in [3.63, 3.8) is 0 Å². The average molecular weight is 467 g/mol. The van der Waals surface area contributed by atoms with E-state index in [1.807, 2.05) is 20.8 Å². The number of likely N-dealkylation sites (tertiary alicyclic amines) is 1. The predicted octanol–water partition coefficient (Wildman–Crippen LogP) is 3.29. The first kappa shape index (κ1) is 22.4. The molecule has 1 aliphatic heterocycles. The molecule has 1 unspecified atom stereocenters. The number of rotatable bonds is 2. The molecule has 2 aliphatic rings. The second-order valence-electron chi connectivity index (χ2n) is 10.3. The van der Waals surface area contributed by atoms with Crippen molar-refractivity contribution in [1.82, 2.24) is 29.9 Å². The van der Waals surface area contributed by atoms with Crippen LogP contribution in [-0.2, 0) is 10.2 Å². The first-order valence-corrected chi connectivity index (χ1v) is 11.6. The zero-order valence-corrected chi connectivity index (χ0v) is 20.2. The smallest absolute Gasteiger partial charge is 0.410 e. The van der Waals surface area contributed by atoms with Gasteiger partial charge in [0.1, 0.15) is 5.60 Å². The van der Waals surface area contributed by atoms with Crippen LogP contribution in [-0.4, -0.2) is 61.8 Å². The number of piperidine rings is 1. The van der Waals surface area contributed by atoms with E-state index >= 15 is 0 Å². The molecule has 0 bridgehead atoms. The van der Waals surface area contributed by atoms with E-state index in [1.165, 1.54) is 4.80 Å². The van der Waals surface area contributed by atoms with Gasteiger partial charge in [-0.3, -0.25) is 4.79 Å². The van der Waals surface area contributed by atoms with Gasteiger partial charge in [-0.05, 0) is 52.0 Å². The van der Waals surface area contributed by atoms with E-state index < -0.39 is 5.60 Å². The number of aromatic nitrogens is 5. The Morgan fingerprint density at radius 2 is 1.97 bits per heavy atom. The lowest BCUT2D eigenvalue weighted by atomic mass is 9.73. The van der Waals surface area contributed by atoms with E-state index in [0.717, 1.165) is 17.7 Å². The summed E-state index contributed by atoms with van der Waals surface area (Å²) in [7, 11) is 1.54. The van der Waals surface area contributed by atoms with Crippen LogP contribution >= 0.6 is 0 Å². The van der Waals surface area contributed by atoms with Crippen molar-refractivity contribution in [2.45, 2.75) is 63.9 Å². The van der Waals surface area contributed by atoms with Gasteiger partial charge in [-0.25, -0.2) is 9.78 Å². The zero-order chi connectivity index (χ0) is 24.3. The maximum absolute atomic E-state index is 13.7. The van der Waals surface area contributed by atoms with Crippen molar-refractivity contribution in [2.24, 2.45) is 0 Å². The van der Waals surface area contributed by atoms with E-state index in [0.29, 0.717) is 48.7 Å². The molecular weight excluding hydrogens is 436 g/mol. The molecule has 0 aromatic carbocycles. The molecule has 1 atom stereocenters. The first-order valence-electron chi connectivity index (χ1n) is 11.6. The summed E-state index contributed by atoms with van der Waals surface area (Å²) < 4.78 is 10.7. The standard InChI is InChI=1S/C24H30N6O4/c1-14-13-24(7-10-29(11-8-24)22(32)34-23(2,3)4)17-18(14)26-21-19(20(17)31)27-30(28-21)15-6-9-25-16(12-15)33-5/h6,9,12,14H,7-8,10-11,13H2,1-5H3,(H,26,28). The van der Waals surface area contributed by atoms with Gasteiger partial charge in [-0.2, -0.15) is 0 Å². The van der Waals surface area contributed by atoms with Crippen molar-refractivity contribution >= 4 is 17.3 Å². The molecule has 1 aliphatic carbocycles. The van der Waals surface area contributed by atoms with Gasteiger partial charge in [0.15, 0.2) is 11.2 Å². The van der Waals surface area contributed by atoms with E-state index in [1.54, 1.807) is 30.3 Å². The summed E-state index contributed by atoms with van der Waals surface area (Å²) in [6.45, 7) is 8.85. The van der Waals surface area contributed by atoms with Gasteiger partial charge >= 0.3 is 6.09 Å². The van der Waals surface area contributed by atoms with E-state index in [9.17, 15) is 9.59 Å². The van der Waals surface area contributed by atoms with Gasteiger partial charge in [0.25, 0.3) is 0 Å².